The molecule has 0 amide bonds. The van der Waals surface area contributed by atoms with Gasteiger partial charge in [-0.1, -0.05) is 12.1 Å². The van der Waals surface area contributed by atoms with Gasteiger partial charge in [-0.3, -0.25) is 0 Å². The van der Waals surface area contributed by atoms with Gasteiger partial charge in [0.1, 0.15) is 10.8 Å². The van der Waals surface area contributed by atoms with Crippen LogP contribution >= 0.6 is 11.3 Å². The van der Waals surface area contributed by atoms with E-state index in [0.717, 1.165) is 10.7 Å². The van der Waals surface area contributed by atoms with Crippen LogP contribution in [0.5, 0.6) is 0 Å². The van der Waals surface area contributed by atoms with Gasteiger partial charge in [0.05, 0.1) is 5.69 Å². The first-order valence-corrected chi connectivity index (χ1v) is 5.53. The van der Waals surface area contributed by atoms with Crippen molar-refractivity contribution in [1.82, 2.24) is 10.3 Å². The molecule has 1 aromatic heterocycles. The third-order valence-corrected chi connectivity index (χ3v) is 2.94. The van der Waals surface area contributed by atoms with Crippen LogP contribution in [0.15, 0.2) is 29.6 Å². The van der Waals surface area contributed by atoms with E-state index in [1.54, 1.807) is 12.1 Å². The summed E-state index contributed by atoms with van der Waals surface area (Å²) in [5, 5.41) is 5.69. The molecule has 0 bridgehead atoms. The van der Waals surface area contributed by atoms with Gasteiger partial charge in [-0.2, -0.15) is 0 Å². The predicted octanol–water partition coefficient (Wildman–Crippen LogP) is 2.67. The van der Waals surface area contributed by atoms with E-state index in [4.69, 9.17) is 0 Å². The van der Waals surface area contributed by atoms with Crippen LogP contribution in [0, 0.1) is 5.82 Å². The monoisotopic (exact) mass is 222 g/mol. The van der Waals surface area contributed by atoms with Gasteiger partial charge in [0, 0.05) is 17.5 Å². The molecule has 0 aliphatic carbocycles. The molecule has 0 fully saturated rings. The lowest BCUT2D eigenvalue weighted by Gasteiger charge is -1.97. The van der Waals surface area contributed by atoms with E-state index in [1.807, 2.05) is 18.5 Å². The molecule has 1 N–H and O–H groups in total. The molecule has 0 atom stereocenters. The minimum Gasteiger partial charge on any atom is -0.314 e. The highest BCUT2D eigenvalue weighted by Crippen LogP contribution is 2.25. The van der Waals surface area contributed by atoms with Gasteiger partial charge < -0.3 is 5.32 Å². The molecular formula is C11H11FN2S. The Kier molecular flexibility index (Phi) is 3.08. The van der Waals surface area contributed by atoms with E-state index < -0.39 is 0 Å². The molecule has 0 spiro atoms. The van der Waals surface area contributed by atoms with Crippen molar-refractivity contribution in [2.75, 3.05) is 7.05 Å². The van der Waals surface area contributed by atoms with Crippen molar-refractivity contribution in [2.24, 2.45) is 0 Å². The zero-order valence-electron chi connectivity index (χ0n) is 8.33. The van der Waals surface area contributed by atoms with Crippen LogP contribution < -0.4 is 5.32 Å². The van der Waals surface area contributed by atoms with E-state index in [0.29, 0.717) is 12.1 Å². The van der Waals surface area contributed by atoms with Gasteiger partial charge in [0.15, 0.2) is 0 Å². The average Bonchev–Trinajstić information content (AvgIpc) is 2.68. The van der Waals surface area contributed by atoms with Crippen molar-refractivity contribution >= 4 is 11.3 Å². The Morgan fingerprint density at radius 2 is 2.20 bits per heavy atom. The minimum atomic E-state index is -0.220. The number of halogens is 1. The number of nitrogens with one attached hydrogen (secondary N) is 1. The molecule has 2 nitrogen and oxygen atoms in total. The second kappa shape index (κ2) is 4.51. The molecule has 2 rings (SSSR count). The van der Waals surface area contributed by atoms with Crippen molar-refractivity contribution in [1.29, 1.82) is 0 Å². The second-order valence-corrected chi connectivity index (χ2v) is 4.01. The summed E-state index contributed by atoms with van der Waals surface area (Å²) in [6.45, 7) is 0.713. The number of hydrogen-bond donors (Lipinski definition) is 1. The van der Waals surface area contributed by atoms with Crippen LogP contribution in [-0.2, 0) is 6.54 Å². The van der Waals surface area contributed by atoms with Crippen LogP contribution in [0.4, 0.5) is 4.39 Å². The first-order valence-electron chi connectivity index (χ1n) is 4.65. The predicted molar refractivity (Wildman–Crippen MR) is 60.3 cm³/mol. The highest BCUT2D eigenvalue weighted by molar-refractivity contribution is 7.13. The summed E-state index contributed by atoms with van der Waals surface area (Å²) < 4.78 is 13.4. The largest absolute Gasteiger partial charge is 0.314 e. The Bertz CT molecular complexity index is 453. The number of nitrogens with zero attached hydrogens (tertiary/aromatic N) is 1. The van der Waals surface area contributed by atoms with Gasteiger partial charge in [-0.25, -0.2) is 9.37 Å². The number of aromatic nitrogens is 1. The van der Waals surface area contributed by atoms with E-state index in [9.17, 15) is 4.39 Å². The third-order valence-electron chi connectivity index (χ3n) is 2.01. The van der Waals surface area contributed by atoms with Crippen molar-refractivity contribution < 1.29 is 4.39 Å². The SMILES string of the molecule is CNCc1csc(-c2ccccc2F)n1. The molecule has 4 heteroatoms. The molecule has 0 saturated heterocycles. The van der Waals surface area contributed by atoms with Crippen LogP contribution in [0.1, 0.15) is 5.69 Å². The van der Waals surface area contributed by atoms with Gasteiger partial charge in [-0.15, -0.1) is 11.3 Å². The number of benzene rings is 1. The molecule has 1 heterocycles. The molecule has 0 aliphatic heterocycles. The molecule has 15 heavy (non-hydrogen) atoms. The maximum Gasteiger partial charge on any atom is 0.133 e. The average molecular weight is 222 g/mol. The van der Waals surface area contributed by atoms with Crippen LogP contribution in [0.25, 0.3) is 10.6 Å². The second-order valence-electron chi connectivity index (χ2n) is 3.15. The summed E-state index contributed by atoms with van der Waals surface area (Å²) in [7, 11) is 1.86. The standard InChI is InChI=1S/C11H11FN2S/c1-13-6-8-7-15-11(14-8)9-4-2-3-5-10(9)12/h2-5,7,13H,6H2,1H3. The smallest absolute Gasteiger partial charge is 0.133 e. The fraction of sp³-hybridized carbons (Fsp3) is 0.182. The van der Waals surface area contributed by atoms with Gasteiger partial charge in [0.25, 0.3) is 0 Å². The number of rotatable bonds is 3. The Hall–Kier alpha value is -1.26. The number of thiazole rings is 1. The molecule has 0 aliphatic rings. The van der Waals surface area contributed by atoms with Gasteiger partial charge >= 0.3 is 0 Å². The molecule has 1 aromatic carbocycles. The zero-order valence-corrected chi connectivity index (χ0v) is 9.14. The Labute approximate surface area is 91.8 Å². The molecule has 0 saturated carbocycles. The van der Waals surface area contributed by atoms with Gasteiger partial charge in [-0.05, 0) is 19.2 Å². The highest BCUT2D eigenvalue weighted by Gasteiger charge is 2.08. The van der Waals surface area contributed by atoms with Crippen LogP contribution in [-0.4, -0.2) is 12.0 Å². The van der Waals surface area contributed by atoms with E-state index in [2.05, 4.69) is 10.3 Å². The third kappa shape index (κ3) is 2.22. The zero-order chi connectivity index (χ0) is 10.7. The van der Waals surface area contributed by atoms with E-state index >= 15 is 0 Å². The number of hydrogen-bond acceptors (Lipinski definition) is 3. The van der Waals surface area contributed by atoms with Crippen molar-refractivity contribution in [3.63, 3.8) is 0 Å². The Morgan fingerprint density at radius 1 is 1.40 bits per heavy atom. The molecule has 0 unspecified atom stereocenters. The summed E-state index contributed by atoms with van der Waals surface area (Å²) in [5.41, 5.74) is 1.52. The topological polar surface area (TPSA) is 24.9 Å². The lowest BCUT2D eigenvalue weighted by Crippen LogP contribution is -2.04. The normalized spacial score (nSPS) is 10.5. The molecule has 2 aromatic rings. The summed E-state index contributed by atoms with van der Waals surface area (Å²) in [6.07, 6.45) is 0. The summed E-state index contributed by atoms with van der Waals surface area (Å²) in [6, 6.07) is 6.70. The quantitative estimate of drug-likeness (QED) is 0.863. The lowest BCUT2D eigenvalue weighted by molar-refractivity contribution is 0.631. The van der Waals surface area contributed by atoms with Crippen molar-refractivity contribution in [3.8, 4) is 10.6 Å². The van der Waals surface area contributed by atoms with Crippen molar-refractivity contribution in [2.45, 2.75) is 6.54 Å². The van der Waals surface area contributed by atoms with Crippen LogP contribution in [0.3, 0.4) is 0 Å². The molecule has 78 valence electrons. The van der Waals surface area contributed by atoms with Gasteiger partial charge in [0.2, 0.25) is 0 Å². The molecule has 0 radical (unpaired) electrons. The Morgan fingerprint density at radius 3 is 2.93 bits per heavy atom. The summed E-state index contributed by atoms with van der Waals surface area (Å²) in [5.74, 6) is -0.220. The summed E-state index contributed by atoms with van der Waals surface area (Å²) >= 11 is 1.47. The maximum absolute atomic E-state index is 13.4. The minimum absolute atomic E-state index is 0.220. The highest BCUT2D eigenvalue weighted by atomic mass is 32.1. The summed E-state index contributed by atoms with van der Waals surface area (Å²) in [4.78, 5) is 4.35. The van der Waals surface area contributed by atoms with E-state index in [1.165, 1.54) is 17.4 Å². The molecular weight excluding hydrogens is 211 g/mol. The lowest BCUT2D eigenvalue weighted by atomic mass is 10.2. The Balaban J connectivity index is 2.33. The van der Waals surface area contributed by atoms with Crippen molar-refractivity contribution in [3.05, 3.63) is 41.2 Å². The first-order chi connectivity index (χ1) is 7.31. The first kappa shape index (κ1) is 10.3. The van der Waals surface area contributed by atoms with Crippen LogP contribution in [0.2, 0.25) is 0 Å². The van der Waals surface area contributed by atoms with E-state index in [-0.39, 0.29) is 5.82 Å². The fourth-order valence-electron chi connectivity index (χ4n) is 1.33. The fourth-order valence-corrected chi connectivity index (χ4v) is 2.17. The maximum atomic E-state index is 13.4.